The van der Waals surface area contributed by atoms with Crippen LogP contribution < -0.4 is 0 Å². The van der Waals surface area contributed by atoms with Crippen molar-refractivity contribution in [2.24, 2.45) is 0 Å². The number of nitrogens with zero attached hydrogens (tertiary/aromatic N) is 6. The first-order chi connectivity index (χ1) is 5.95. The Hall–Kier alpha value is -2.44. The van der Waals surface area contributed by atoms with Gasteiger partial charge in [-0.2, -0.15) is 0 Å². The summed E-state index contributed by atoms with van der Waals surface area (Å²) in [5.41, 5.74) is 27.0. The molecule has 0 aliphatic rings. The molecule has 0 spiro atoms. The van der Waals surface area contributed by atoms with Gasteiger partial charge in [-0.15, -0.1) is 0 Å². The Morgan fingerprint density at radius 2 is 1.08 bits per heavy atom. The van der Waals surface area contributed by atoms with Crippen molar-refractivity contribution in [3.05, 3.63) is 31.9 Å². The van der Waals surface area contributed by atoms with Gasteiger partial charge in [0.2, 0.25) is 0 Å². The molecule has 0 aromatic carbocycles. The molecule has 0 radical (unpaired) electrons. The van der Waals surface area contributed by atoms with Gasteiger partial charge in [0.25, 0.3) is 0 Å². The van der Waals surface area contributed by atoms with Crippen molar-refractivity contribution < 1.29 is 19.8 Å². The van der Waals surface area contributed by atoms with E-state index in [1.54, 1.807) is 0 Å². The van der Waals surface area contributed by atoms with Crippen molar-refractivity contribution in [2.45, 2.75) is 6.42 Å². The lowest BCUT2D eigenvalue weighted by atomic mass is 10.5. The maximum Gasteiger partial charge on any atom is 0.314 e. The smallest absolute Gasteiger partial charge is 0.314 e. The van der Waals surface area contributed by atoms with Gasteiger partial charge in [0, 0.05) is 0 Å². The highest BCUT2D eigenvalue weighted by Crippen LogP contribution is 1.74. The summed E-state index contributed by atoms with van der Waals surface area (Å²) in [5.74, 6) is -2.62. The first kappa shape index (κ1) is 16.9. The van der Waals surface area contributed by atoms with E-state index in [-0.39, 0.29) is 0 Å². The second-order valence-corrected chi connectivity index (χ2v) is 1.14. The maximum absolute atomic E-state index is 9.43. The third-order valence-corrected chi connectivity index (χ3v) is 0.302. The van der Waals surface area contributed by atoms with E-state index in [0.717, 1.165) is 0 Å². The van der Waals surface area contributed by atoms with Crippen molar-refractivity contribution in [1.29, 1.82) is 0 Å². The molecule has 0 saturated carbocycles. The Bertz CT molecular complexity index is 200. The number of hydrogen-bond acceptors (Lipinski definition) is 2. The van der Waals surface area contributed by atoms with Crippen molar-refractivity contribution in [3.63, 3.8) is 0 Å². The van der Waals surface area contributed by atoms with Gasteiger partial charge in [-0.05, 0) is 0 Å². The second-order valence-electron chi connectivity index (χ2n) is 1.14. The summed E-state index contributed by atoms with van der Waals surface area (Å²) >= 11 is 0. The molecule has 13 heavy (non-hydrogen) atoms. The Morgan fingerprint density at radius 1 is 0.923 bits per heavy atom. The normalized spacial score (nSPS) is 5.54. The van der Waals surface area contributed by atoms with Crippen LogP contribution >= 0.6 is 0 Å². The molecule has 0 atom stereocenters. The largest absolute Gasteiger partial charge is 0.481 e. The molecule has 0 saturated heterocycles. The molecule has 0 bridgehead atoms. The summed E-state index contributed by atoms with van der Waals surface area (Å²) in [5, 5.41) is 15.4. The van der Waals surface area contributed by atoms with Crippen LogP contribution in [0.3, 0.4) is 0 Å². The minimum Gasteiger partial charge on any atom is -0.481 e. The monoisotopic (exact) mass is 188 g/mol. The molecule has 10 nitrogen and oxygen atoms in total. The highest BCUT2D eigenvalue weighted by molar-refractivity contribution is 5.88. The van der Waals surface area contributed by atoms with E-state index < -0.39 is 18.4 Å². The molecule has 0 aromatic heterocycles. The zero-order chi connectivity index (χ0) is 11.3. The Morgan fingerprint density at radius 3 is 1.08 bits per heavy atom. The van der Waals surface area contributed by atoms with E-state index in [4.69, 9.17) is 32.3 Å². The third-order valence-electron chi connectivity index (χ3n) is 0.302. The first-order valence-electron chi connectivity index (χ1n) is 2.36. The minimum absolute atomic E-state index is 0.806. The van der Waals surface area contributed by atoms with E-state index in [2.05, 4.69) is 0 Å². The van der Waals surface area contributed by atoms with Gasteiger partial charge in [0.1, 0.15) is 6.42 Å². The molecular formula is C3H4N6O4-2. The molecule has 0 aliphatic carbocycles. The molecule has 0 amide bonds. The average molecular weight is 188 g/mol. The number of carbonyl (C=O) groups is 2. The van der Waals surface area contributed by atoms with Gasteiger partial charge in [-0.1, -0.05) is 0 Å². The predicted octanol–water partition coefficient (Wildman–Crippen LogP) is 1.28. The molecule has 0 aliphatic heterocycles. The summed E-state index contributed by atoms with van der Waals surface area (Å²) in [7, 11) is 0. The zero-order valence-electron chi connectivity index (χ0n) is 6.10. The molecule has 0 fully saturated rings. The lowest BCUT2D eigenvalue weighted by molar-refractivity contribution is -0.147. The summed E-state index contributed by atoms with van der Waals surface area (Å²) in [6.45, 7) is 0. The number of rotatable bonds is 2. The third kappa shape index (κ3) is 225. The lowest BCUT2D eigenvalue weighted by Crippen LogP contribution is -2.03. The number of hydrogen-bond donors (Lipinski definition) is 2. The number of aliphatic carboxylic acids is 2. The number of carboxylic acids is 2. The van der Waals surface area contributed by atoms with E-state index in [1.165, 1.54) is 9.82 Å². The summed E-state index contributed by atoms with van der Waals surface area (Å²) in [4.78, 5) is 21.9. The molecule has 2 N–H and O–H groups in total. The van der Waals surface area contributed by atoms with Crippen LogP contribution in [0.4, 0.5) is 0 Å². The summed E-state index contributed by atoms with van der Waals surface area (Å²) < 4.78 is 0. The molecular weight excluding hydrogens is 184 g/mol. The Balaban J connectivity index is -0.000000140. The van der Waals surface area contributed by atoms with E-state index >= 15 is 0 Å². The molecule has 0 unspecified atom stereocenters. The predicted molar refractivity (Wildman–Crippen MR) is 40.0 cm³/mol. The summed E-state index contributed by atoms with van der Waals surface area (Å²) in [6, 6.07) is 0. The quantitative estimate of drug-likeness (QED) is 0.285. The second kappa shape index (κ2) is 16.3. The van der Waals surface area contributed by atoms with E-state index in [9.17, 15) is 9.59 Å². The van der Waals surface area contributed by atoms with Gasteiger partial charge in [-0.25, -0.2) is 0 Å². The van der Waals surface area contributed by atoms with Crippen molar-refractivity contribution in [1.82, 2.24) is 0 Å². The van der Waals surface area contributed by atoms with Gasteiger partial charge < -0.3 is 32.3 Å². The van der Waals surface area contributed by atoms with Crippen LogP contribution in [0.2, 0.25) is 0 Å². The Labute approximate surface area is 71.2 Å². The summed E-state index contributed by atoms with van der Waals surface area (Å²) in [6.07, 6.45) is -0.806. The molecule has 10 heteroatoms. The minimum atomic E-state index is -1.31. The fraction of sp³-hybridized carbons (Fsp3) is 0.333. The van der Waals surface area contributed by atoms with Crippen LogP contribution in [-0.4, -0.2) is 22.2 Å². The van der Waals surface area contributed by atoms with Crippen molar-refractivity contribution in [2.75, 3.05) is 0 Å². The zero-order valence-corrected chi connectivity index (χ0v) is 6.10. The molecule has 72 valence electrons. The fourth-order valence-electron chi connectivity index (χ4n) is 0.129. The highest BCUT2D eigenvalue weighted by atomic mass is 16.4. The van der Waals surface area contributed by atoms with Crippen LogP contribution in [0.25, 0.3) is 31.9 Å². The van der Waals surface area contributed by atoms with Crippen LogP contribution in [0.5, 0.6) is 0 Å². The standard InChI is InChI=1S/C3H4O4.2N3/c4-2(5)1-3(6)7;2*1-3-2/h1H2,(H,4,5)(H,6,7);;/q;2*-1. The SMILES string of the molecule is O=C(O)CC(=O)O.[N-]=[N+]=[N-].[N-]=[N+]=[N-]. The first-order valence-corrected chi connectivity index (χ1v) is 2.36. The average Bonchev–Trinajstić information content (AvgIpc) is 1.86. The van der Waals surface area contributed by atoms with Crippen LogP contribution in [0.15, 0.2) is 0 Å². The molecule has 0 rings (SSSR count). The van der Waals surface area contributed by atoms with Gasteiger partial charge >= 0.3 is 11.9 Å². The topological polar surface area (TPSA) is 192 Å². The van der Waals surface area contributed by atoms with E-state index in [1.807, 2.05) is 0 Å². The van der Waals surface area contributed by atoms with Crippen LogP contribution in [0.1, 0.15) is 6.42 Å². The maximum atomic E-state index is 9.43. The van der Waals surface area contributed by atoms with Crippen LogP contribution in [-0.2, 0) is 9.59 Å². The van der Waals surface area contributed by atoms with Gasteiger partial charge in [0.05, 0.1) is 0 Å². The fourth-order valence-corrected chi connectivity index (χ4v) is 0.129. The van der Waals surface area contributed by atoms with Crippen molar-refractivity contribution >= 4 is 11.9 Å². The van der Waals surface area contributed by atoms with Gasteiger partial charge in [0.15, 0.2) is 0 Å². The number of carboxylic acid groups (broad SMARTS) is 2. The van der Waals surface area contributed by atoms with Gasteiger partial charge in [-0.3, -0.25) is 19.4 Å². The molecule has 0 heterocycles. The van der Waals surface area contributed by atoms with Crippen LogP contribution in [0, 0.1) is 0 Å². The van der Waals surface area contributed by atoms with Crippen molar-refractivity contribution in [3.8, 4) is 0 Å². The van der Waals surface area contributed by atoms with E-state index in [0.29, 0.717) is 0 Å². The highest BCUT2D eigenvalue weighted by Gasteiger charge is 2.01. The lowest BCUT2D eigenvalue weighted by Gasteiger charge is -1.80. The molecule has 0 aromatic rings. The Kier molecular flexibility index (Phi) is 21.1.